The Morgan fingerprint density at radius 1 is 1.27 bits per heavy atom. The van der Waals surface area contributed by atoms with Crippen molar-refractivity contribution in [1.82, 2.24) is 15.5 Å². The number of hydrogen-bond donors (Lipinski definition) is 2. The lowest BCUT2D eigenvalue weighted by molar-refractivity contribution is -0.131. The van der Waals surface area contributed by atoms with Crippen molar-refractivity contribution in [3.05, 3.63) is 35.9 Å². The van der Waals surface area contributed by atoms with E-state index >= 15 is 0 Å². The molecule has 1 aromatic rings. The molecule has 1 aliphatic heterocycles. The zero-order chi connectivity index (χ0) is 15.1. The van der Waals surface area contributed by atoms with E-state index in [1.807, 2.05) is 30.1 Å². The molecule has 5 nitrogen and oxygen atoms in total. The summed E-state index contributed by atoms with van der Waals surface area (Å²) in [6.45, 7) is 2.57. The summed E-state index contributed by atoms with van der Waals surface area (Å²) in [5.41, 5.74) is 0.581. The van der Waals surface area contributed by atoms with Crippen LogP contribution in [-0.4, -0.2) is 49.9 Å². The molecule has 1 saturated heterocycles. The van der Waals surface area contributed by atoms with Gasteiger partial charge in [-0.1, -0.05) is 18.2 Å². The Balaban J connectivity index is 0.00000242. The van der Waals surface area contributed by atoms with Crippen molar-refractivity contribution in [3.8, 4) is 0 Å². The fraction of sp³-hybridized carbons (Fsp3) is 0.500. The predicted octanol–water partition coefficient (Wildman–Crippen LogP) is 1.30. The van der Waals surface area contributed by atoms with Crippen LogP contribution in [0.3, 0.4) is 0 Å². The van der Waals surface area contributed by atoms with Crippen LogP contribution in [0.4, 0.5) is 0 Å². The first-order valence-electron chi connectivity index (χ1n) is 7.46. The number of hydrogen-bond acceptors (Lipinski definition) is 3. The molecule has 0 spiro atoms. The van der Waals surface area contributed by atoms with Crippen LogP contribution in [0, 0.1) is 5.92 Å². The highest BCUT2D eigenvalue weighted by molar-refractivity contribution is 5.96. The van der Waals surface area contributed by atoms with Gasteiger partial charge >= 0.3 is 0 Å². The summed E-state index contributed by atoms with van der Waals surface area (Å²) in [7, 11) is 1.93. The second kappa shape index (κ2) is 9.43. The lowest BCUT2D eigenvalue weighted by Crippen LogP contribution is -2.46. The summed E-state index contributed by atoms with van der Waals surface area (Å²) in [5.74, 6) is 0.311. The molecule has 6 heteroatoms. The average Bonchev–Trinajstić information content (AvgIpc) is 2.53. The van der Waals surface area contributed by atoms with Gasteiger partial charge in [0.05, 0.1) is 6.54 Å². The molecule has 1 fully saturated rings. The number of nitrogens with zero attached hydrogens (tertiary/aromatic N) is 1. The number of likely N-dealkylation sites (tertiary alicyclic amines) is 1. The van der Waals surface area contributed by atoms with Gasteiger partial charge in [-0.25, -0.2) is 0 Å². The second-order valence-corrected chi connectivity index (χ2v) is 5.45. The van der Waals surface area contributed by atoms with E-state index in [1.54, 1.807) is 12.1 Å². The molecular weight excluding hydrogens is 302 g/mol. The molecule has 22 heavy (non-hydrogen) atoms. The van der Waals surface area contributed by atoms with Crippen molar-refractivity contribution in [2.75, 3.05) is 33.2 Å². The van der Waals surface area contributed by atoms with Crippen molar-refractivity contribution in [1.29, 1.82) is 0 Å². The first-order chi connectivity index (χ1) is 10.2. The van der Waals surface area contributed by atoms with Gasteiger partial charge < -0.3 is 15.5 Å². The third kappa shape index (κ3) is 5.31. The van der Waals surface area contributed by atoms with Gasteiger partial charge in [0.2, 0.25) is 5.91 Å². The number of benzene rings is 1. The quantitative estimate of drug-likeness (QED) is 0.857. The topological polar surface area (TPSA) is 61.4 Å². The Hall–Kier alpha value is -1.59. The maximum Gasteiger partial charge on any atom is 0.251 e. The average molecular weight is 326 g/mol. The van der Waals surface area contributed by atoms with Crippen molar-refractivity contribution < 1.29 is 9.59 Å². The molecule has 2 N–H and O–H groups in total. The summed E-state index contributed by atoms with van der Waals surface area (Å²) in [5, 5.41) is 5.86. The predicted molar refractivity (Wildman–Crippen MR) is 89.3 cm³/mol. The Bertz CT molecular complexity index is 480. The van der Waals surface area contributed by atoms with Crippen LogP contribution in [0.25, 0.3) is 0 Å². The number of carbonyl (C=O) groups is 2. The molecular formula is C16H24ClN3O2. The standard InChI is InChI=1S/C16H23N3O2.ClH/c1-17-10-13-6-5-9-19(12-13)15(20)11-18-16(21)14-7-3-2-4-8-14;/h2-4,7-8,13,17H,5-6,9-12H2,1H3,(H,18,21);1H. The van der Waals surface area contributed by atoms with Crippen molar-refractivity contribution in [2.24, 2.45) is 5.92 Å². The van der Waals surface area contributed by atoms with E-state index in [-0.39, 0.29) is 30.8 Å². The van der Waals surface area contributed by atoms with Crippen LogP contribution in [0.15, 0.2) is 30.3 Å². The first kappa shape index (κ1) is 18.5. The van der Waals surface area contributed by atoms with Crippen LogP contribution in [0.1, 0.15) is 23.2 Å². The van der Waals surface area contributed by atoms with E-state index in [0.29, 0.717) is 11.5 Å². The van der Waals surface area contributed by atoms with Crippen LogP contribution in [0.2, 0.25) is 0 Å². The number of nitrogens with one attached hydrogen (secondary N) is 2. The van der Waals surface area contributed by atoms with E-state index in [4.69, 9.17) is 0 Å². The third-order valence-electron chi connectivity index (χ3n) is 3.80. The van der Waals surface area contributed by atoms with Gasteiger partial charge in [0.1, 0.15) is 0 Å². The summed E-state index contributed by atoms with van der Waals surface area (Å²) in [6.07, 6.45) is 2.19. The van der Waals surface area contributed by atoms with Crippen molar-refractivity contribution in [3.63, 3.8) is 0 Å². The van der Waals surface area contributed by atoms with E-state index < -0.39 is 0 Å². The fourth-order valence-electron chi connectivity index (χ4n) is 2.71. The molecule has 0 radical (unpaired) electrons. The number of rotatable bonds is 5. The third-order valence-corrected chi connectivity index (χ3v) is 3.80. The van der Waals surface area contributed by atoms with Crippen LogP contribution in [-0.2, 0) is 4.79 Å². The molecule has 1 atom stereocenters. The first-order valence-corrected chi connectivity index (χ1v) is 7.46. The molecule has 0 bridgehead atoms. The zero-order valence-corrected chi connectivity index (χ0v) is 13.7. The van der Waals surface area contributed by atoms with Gasteiger partial charge in [-0.15, -0.1) is 12.4 Å². The maximum absolute atomic E-state index is 12.2. The minimum absolute atomic E-state index is 0. The largest absolute Gasteiger partial charge is 0.343 e. The highest BCUT2D eigenvalue weighted by Gasteiger charge is 2.23. The van der Waals surface area contributed by atoms with Gasteiger partial charge in [-0.3, -0.25) is 9.59 Å². The molecule has 2 rings (SSSR count). The highest BCUT2D eigenvalue weighted by atomic mass is 35.5. The van der Waals surface area contributed by atoms with Gasteiger partial charge in [-0.05, 0) is 44.5 Å². The Morgan fingerprint density at radius 3 is 2.68 bits per heavy atom. The molecule has 122 valence electrons. The Labute approximate surface area is 137 Å². The molecule has 2 amide bonds. The zero-order valence-electron chi connectivity index (χ0n) is 12.9. The number of carbonyl (C=O) groups excluding carboxylic acids is 2. The molecule has 0 aromatic heterocycles. The minimum Gasteiger partial charge on any atom is -0.343 e. The molecule has 1 aliphatic rings. The fourth-order valence-corrected chi connectivity index (χ4v) is 2.71. The number of amides is 2. The number of halogens is 1. The van der Waals surface area contributed by atoms with Crippen LogP contribution >= 0.6 is 12.4 Å². The highest BCUT2D eigenvalue weighted by Crippen LogP contribution is 2.15. The Morgan fingerprint density at radius 2 is 2.00 bits per heavy atom. The van der Waals surface area contributed by atoms with Crippen LogP contribution < -0.4 is 10.6 Å². The van der Waals surface area contributed by atoms with Crippen molar-refractivity contribution in [2.45, 2.75) is 12.8 Å². The van der Waals surface area contributed by atoms with Gasteiger partial charge in [0.25, 0.3) is 5.91 Å². The monoisotopic (exact) mass is 325 g/mol. The van der Waals surface area contributed by atoms with E-state index in [9.17, 15) is 9.59 Å². The van der Waals surface area contributed by atoms with E-state index in [0.717, 1.165) is 32.5 Å². The lowest BCUT2D eigenvalue weighted by Gasteiger charge is -2.32. The van der Waals surface area contributed by atoms with Gasteiger partial charge in [-0.2, -0.15) is 0 Å². The van der Waals surface area contributed by atoms with Gasteiger partial charge in [0.15, 0.2) is 0 Å². The van der Waals surface area contributed by atoms with Gasteiger partial charge in [0, 0.05) is 18.7 Å². The number of piperidine rings is 1. The summed E-state index contributed by atoms with van der Waals surface area (Å²) in [6, 6.07) is 8.96. The minimum atomic E-state index is -0.201. The molecule has 1 heterocycles. The molecule has 1 unspecified atom stereocenters. The molecule has 0 saturated carbocycles. The summed E-state index contributed by atoms with van der Waals surface area (Å²) >= 11 is 0. The maximum atomic E-state index is 12.2. The smallest absolute Gasteiger partial charge is 0.251 e. The SMILES string of the molecule is CNCC1CCCN(C(=O)CNC(=O)c2ccccc2)C1.Cl. The molecule has 1 aromatic carbocycles. The van der Waals surface area contributed by atoms with E-state index in [1.165, 1.54) is 0 Å². The van der Waals surface area contributed by atoms with Crippen LogP contribution in [0.5, 0.6) is 0 Å². The normalized spacial score (nSPS) is 17.5. The lowest BCUT2D eigenvalue weighted by atomic mass is 9.98. The summed E-state index contributed by atoms with van der Waals surface area (Å²) < 4.78 is 0. The van der Waals surface area contributed by atoms with Crippen molar-refractivity contribution >= 4 is 24.2 Å². The molecule has 0 aliphatic carbocycles. The second-order valence-electron chi connectivity index (χ2n) is 5.45. The summed E-state index contributed by atoms with van der Waals surface area (Å²) in [4.78, 5) is 25.9. The van der Waals surface area contributed by atoms with E-state index in [2.05, 4.69) is 10.6 Å². The Kier molecular flexibility index (Phi) is 7.91.